The van der Waals surface area contributed by atoms with Gasteiger partial charge in [-0.1, -0.05) is 12.1 Å². The number of carbonyl (C=O) groups is 1. The minimum Gasteiger partial charge on any atom is -0.465 e. The Balaban J connectivity index is 1.56. The van der Waals surface area contributed by atoms with Crippen LogP contribution < -0.4 is 5.32 Å². The molecule has 3 aromatic rings. The molecule has 6 nitrogen and oxygen atoms in total. The highest BCUT2D eigenvalue weighted by molar-refractivity contribution is 5.96. The van der Waals surface area contributed by atoms with Crippen LogP contribution in [-0.2, 0) is 4.74 Å². The second-order valence-corrected chi connectivity index (χ2v) is 7.98. The number of hydrogen-bond donors (Lipinski definition) is 1. The Kier molecular flexibility index (Phi) is 4.34. The third-order valence-electron chi connectivity index (χ3n) is 5.67. The third kappa shape index (κ3) is 3.50. The molecule has 0 unspecified atom stereocenters. The van der Waals surface area contributed by atoms with Gasteiger partial charge in [-0.25, -0.2) is 9.78 Å². The molecule has 1 aromatic carbocycles. The maximum Gasteiger partial charge on any atom is 0.339 e. The Labute approximate surface area is 169 Å². The van der Waals surface area contributed by atoms with Gasteiger partial charge >= 0.3 is 5.97 Å². The van der Waals surface area contributed by atoms with Crippen molar-refractivity contribution < 1.29 is 9.53 Å². The number of hydrogen-bond acceptors (Lipinski definition) is 5. The van der Waals surface area contributed by atoms with E-state index in [0.29, 0.717) is 17.4 Å². The molecular formula is C23H24N4O2. The van der Waals surface area contributed by atoms with E-state index < -0.39 is 0 Å². The number of benzene rings is 1. The molecule has 0 atom stereocenters. The van der Waals surface area contributed by atoms with Crippen molar-refractivity contribution in [2.45, 2.75) is 44.4 Å². The Morgan fingerprint density at radius 2 is 1.93 bits per heavy atom. The Morgan fingerprint density at radius 1 is 1.14 bits per heavy atom. The van der Waals surface area contributed by atoms with E-state index >= 15 is 0 Å². The van der Waals surface area contributed by atoms with Gasteiger partial charge in [0.2, 0.25) is 0 Å². The molecule has 6 heteroatoms. The molecule has 2 saturated carbocycles. The number of nitrogens with zero attached hydrogens (tertiary/aromatic N) is 3. The molecule has 2 aromatic heterocycles. The number of rotatable bonds is 6. The molecule has 2 heterocycles. The fourth-order valence-electron chi connectivity index (χ4n) is 3.69. The Hall–Kier alpha value is -3.15. The predicted molar refractivity (Wildman–Crippen MR) is 111 cm³/mol. The van der Waals surface area contributed by atoms with E-state index in [9.17, 15) is 4.79 Å². The summed E-state index contributed by atoms with van der Waals surface area (Å²) < 4.78 is 6.89. The first kappa shape index (κ1) is 17.9. The lowest BCUT2D eigenvalue weighted by Gasteiger charge is -2.14. The first-order chi connectivity index (χ1) is 14.1. The lowest BCUT2D eigenvalue weighted by atomic mass is 10.0. The van der Waals surface area contributed by atoms with Crippen LogP contribution in [0.3, 0.4) is 0 Å². The number of nitrogens with one attached hydrogen (secondary N) is 1. The number of ether oxygens (including phenoxy) is 1. The highest BCUT2D eigenvalue weighted by Crippen LogP contribution is 2.42. The number of methoxy groups -OCH3 is 1. The van der Waals surface area contributed by atoms with Crippen LogP contribution in [0.2, 0.25) is 0 Å². The van der Waals surface area contributed by atoms with E-state index in [4.69, 9.17) is 9.84 Å². The summed E-state index contributed by atoms with van der Waals surface area (Å²) >= 11 is 0. The van der Waals surface area contributed by atoms with Crippen LogP contribution >= 0.6 is 0 Å². The largest absolute Gasteiger partial charge is 0.465 e. The van der Waals surface area contributed by atoms with Gasteiger partial charge in [0.15, 0.2) is 5.82 Å². The summed E-state index contributed by atoms with van der Waals surface area (Å²) in [6.07, 6.45) is 6.48. The predicted octanol–water partition coefficient (Wildman–Crippen LogP) is 4.86. The Morgan fingerprint density at radius 3 is 2.62 bits per heavy atom. The first-order valence-corrected chi connectivity index (χ1v) is 10.2. The fourth-order valence-corrected chi connectivity index (χ4v) is 3.69. The summed E-state index contributed by atoms with van der Waals surface area (Å²) in [6, 6.07) is 12.0. The number of esters is 1. The molecule has 0 aliphatic heterocycles. The van der Waals surface area contributed by atoms with Crippen LogP contribution in [-0.4, -0.2) is 27.8 Å². The van der Waals surface area contributed by atoms with Crippen LogP contribution in [0, 0.1) is 6.92 Å². The van der Waals surface area contributed by atoms with Crippen molar-refractivity contribution in [1.82, 2.24) is 14.8 Å². The first-order valence-electron chi connectivity index (χ1n) is 10.2. The lowest BCUT2D eigenvalue weighted by molar-refractivity contribution is 0.0602. The molecule has 0 amide bonds. The molecule has 0 spiro atoms. The van der Waals surface area contributed by atoms with E-state index in [1.54, 1.807) is 6.20 Å². The van der Waals surface area contributed by atoms with Crippen LogP contribution in [0.5, 0.6) is 0 Å². The highest BCUT2D eigenvalue weighted by Gasteiger charge is 2.29. The zero-order valence-corrected chi connectivity index (χ0v) is 16.7. The monoisotopic (exact) mass is 388 g/mol. The molecule has 0 saturated heterocycles. The highest BCUT2D eigenvalue weighted by atomic mass is 16.5. The van der Waals surface area contributed by atoms with Crippen LogP contribution in [0.25, 0.3) is 5.82 Å². The summed E-state index contributed by atoms with van der Waals surface area (Å²) in [5.74, 6) is 2.33. The summed E-state index contributed by atoms with van der Waals surface area (Å²) in [7, 11) is 1.42. The number of pyridine rings is 1. The van der Waals surface area contributed by atoms with Gasteiger partial charge in [-0.05, 0) is 67.9 Å². The zero-order chi connectivity index (χ0) is 20.0. The van der Waals surface area contributed by atoms with E-state index in [2.05, 4.69) is 22.4 Å². The second kappa shape index (κ2) is 7.03. The average Bonchev–Trinajstić information content (AvgIpc) is 3.66. The number of aryl methyl sites for hydroxylation is 1. The van der Waals surface area contributed by atoms with Crippen molar-refractivity contribution in [3.05, 3.63) is 65.0 Å². The third-order valence-corrected chi connectivity index (χ3v) is 5.67. The molecular weight excluding hydrogens is 364 g/mol. The van der Waals surface area contributed by atoms with Gasteiger partial charge in [-0.15, -0.1) is 0 Å². The van der Waals surface area contributed by atoms with Crippen LogP contribution in [0.4, 0.5) is 11.5 Å². The molecule has 148 valence electrons. The SMILES string of the molecule is COC(=O)c1cc(C2CC2)ccc1Nc1cc(C2CC2)nn1-c1ncccc1C. The van der Waals surface area contributed by atoms with Gasteiger partial charge in [0, 0.05) is 18.2 Å². The number of aromatic nitrogens is 3. The minimum atomic E-state index is -0.336. The molecule has 5 rings (SSSR count). The van der Waals surface area contributed by atoms with Crippen molar-refractivity contribution >= 4 is 17.5 Å². The maximum atomic E-state index is 12.5. The van der Waals surface area contributed by atoms with Gasteiger partial charge in [-0.3, -0.25) is 0 Å². The molecule has 2 fully saturated rings. The van der Waals surface area contributed by atoms with Crippen molar-refractivity contribution in [2.75, 3.05) is 12.4 Å². The molecule has 0 radical (unpaired) electrons. The van der Waals surface area contributed by atoms with E-state index in [1.165, 1.54) is 38.4 Å². The zero-order valence-electron chi connectivity index (χ0n) is 16.7. The standard InChI is InChI=1S/C23H24N4O2/c1-14-4-3-11-24-22(14)27-21(13-20(26-27)16-7-8-16)25-19-10-9-17(15-5-6-15)12-18(19)23(28)29-2/h3-4,9-13,15-16,25H,5-8H2,1-2H3. The normalized spacial score (nSPS) is 15.9. The minimum absolute atomic E-state index is 0.336. The number of anilines is 2. The smallest absolute Gasteiger partial charge is 0.339 e. The van der Waals surface area contributed by atoms with Crippen molar-refractivity contribution in [1.29, 1.82) is 0 Å². The fraction of sp³-hybridized carbons (Fsp3) is 0.348. The number of carbonyl (C=O) groups excluding carboxylic acids is 1. The quantitative estimate of drug-likeness (QED) is 0.611. The lowest BCUT2D eigenvalue weighted by Crippen LogP contribution is -2.10. The van der Waals surface area contributed by atoms with Crippen LogP contribution in [0.1, 0.15) is 64.7 Å². The van der Waals surface area contributed by atoms with E-state index in [-0.39, 0.29) is 5.97 Å². The van der Waals surface area contributed by atoms with Crippen LogP contribution in [0.15, 0.2) is 42.6 Å². The average molecular weight is 388 g/mol. The van der Waals surface area contributed by atoms with Crippen molar-refractivity contribution in [2.24, 2.45) is 0 Å². The van der Waals surface area contributed by atoms with Crippen molar-refractivity contribution in [3.8, 4) is 5.82 Å². The molecule has 29 heavy (non-hydrogen) atoms. The molecule has 2 aliphatic carbocycles. The van der Waals surface area contributed by atoms with E-state index in [1.807, 2.05) is 35.9 Å². The Bertz CT molecular complexity index is 1080. The van der Waals surface area contributed by atoms with Gasteiger partial charge in [0.05, 0.1) is 24.1 Å². The molecule has 0 bridgehead atoms. The summed E-state index contributed by atoms with van der Waals surface area (Å²) in [4.78, 5) is 17.0. The van der Waals surface area contributed by atoms with Gasteiger partial charge in [0.1, 0.15) is 5.82 Å². The summed E-state index contributed by atoms with van der Waals surface area (Å²) in [6.45, 7) is 2.02. The molecule has 2 aliphatic rings. The van der Waals surface area contributed by atoms with Gasteiger partial charge in [-0.2, -0.15) is 9.78 Å². The van der Waals surface area contributed by atoms with Gasteiger partial charge < -0.3 is 10.1 Å². The van der Waals surface area contributed by atoms with E-state index in [0.717, 1.165) is 28.6 Å². The second-order valence-electron chi connectivity index (χ2n) is 7.98. The summed E-state index contributed by atoms with van der Waals surface area (Å²) in [5.41, 5.74) is 4.57. The topological polar surface area (TPSA) is 69.0 Å². The molecule has 1 N–H and O–H groups in total. The summed E-state index contributed by atoms with van der Waals surface area (Å²) in [5, 5.41) is 8.26. The maximum absolute atomic E-state index is 12.5. The van der Waals surface area contributed by atoms with Crippen molar-refractivity contribution in [3.63, 3.8) is 0 Å². The van der Waals surface area contributed by atoms with Gasteiger partial charge in [0.25, 0.3) is 0 Å².